The van der Waals surface area contributed by atoms with Crippen molar-refractivity contribution in [3.63, 3.8) is 0 Å². The summed E-state index contributed by atoms with van der Waals surface area (Å²) in [5, 5.41) is 24.8. The van der Waals surface area contributed by atoms with Crippen LogP contribution in [0.3, 0.4) is 0 Å². The fourth-order valence-electron chi connectivity index (χ4n) is 2.59. The summed E-state index contributed by atoms with van der Waals surface area (Å²) in [7, 11) is 2.25. The molecule has 0 heterocycles. The maximum Gasteiger partial charge on any atom is -0.153 e. The van der Waals surface area contributed by atoms with Gasteiger partial charge >= 0.3 is 106 Å². The van der Waals surface area contributed by atoms with Gasteiger partial charge in [0, 0.05) is 0 Å². The monoisotopic (exact) mass is 413 g/mol. The summed E-state index contributed by atoms with van der Waals surface area (Å²) in [5.41, 5.74) is 6.06. The Labute approximate surface area is 143 Å². The zero-order valence-electron chi connectivity index (χ0n) is 13.4. The van der Waals surface area contributed by atoms with E-state index in [1.54, 1.807) is 22.5 Å². The molecule has 0 amide bonds. The van der Waals surface area contributed by atoms with E-state index in [1.807, 2.05) is 0 Å². The van der Waals surface area contributed by atoms with Crippen LogP contribution in [0.15, 0.2) is 0 Å². The molecule has 0 aliphatic heterocycles. The first-order valence-corrected chi connectivity index (χ1v) is 10.1. The van der Waals surface area contributed by atoms with Crippen molar-refractivity contribution in [2.45, 2.75) is 45.1 Å². The van der Waals surface area contributed by atoms with Crippen molar-refractivity contribution in [2.75, 3.05) is 30.9 Å². The molecule has 1 fully saturated rings. The molecular weight excluding hydrogens is 381 g/mol. The molecule has 1 aliphatic carbocycles. The average Bonchev–Trinajstić information content (AvgIpc) is 2.54. The van der Waals surface area contributed by atoms with Gasteiger partial charge in [-0.1, -0.05) is 0 Å². The van der Waals surface area contributed by atoms with Gasteiger partial charge in [0.05, 0.1) is 0 Å². The van der Waals surface area contributed by atoms with Gasteiger partial charge in [0.1, 0.15) is 0 Å². The minimum atomic E-state index is 0.415. The summed E-state index contributed by atoms with van der Waals surface area (Å²) in [6.45, 7) is 2.19. The molecule has 2 N–H and O–H groups in total. The van der Waals surface area contributed by atoms with Crippen molar-refractivity contribution in [1.82, 2.24) is 0 Å². The Balaban J connectivity index is -0.000000425. The van der Waals surface area contributed by atoms with E-state index in [2.05, 4.69) is 18.7 Å². The van der Waals surface area contributed by atoms with Gasteiger partial charge in [0.15, 0.2) is 0 Å². The summed E-state index contributed by atoms with van der Waals surface area (Å²) in [4.78, 5) is 0. The second-order valence-electron chi connectivity index (χ2n) is 4.41. The number of hydrogen-bond donors (Lipinski definition) is 1. The molecule has 0 saturated heterocycles. The Kier molecular flexibility index (Phi) is 28.9. The molecule has 0 aromatic carbocycles. The van der Waals surface area contributed by atoms with Gasteiger partial charge in [0.2, 0.25) is 0 Å². The van der Waals surface area contributed by atoms with Crippen LogP contribution >= 0.6 is 11.8 Å². The molecule has 1 saturated carbocycles. The molecule has 4 nitrogen and oxygen atoms in total. The molecule has 1 aliphatic rings. The first kappa shape index (κ1) is 25.9. The summed E-state index contributed by atoms with van der Waals surface area (Å²) < 4.78 is 1.35. The van der Waals surface area contributed by atoms with Crippen molar-refractivity contribution >= 4 is 34.3 Å². The number of thioether (sulfide) groups is 1. The normalized spacial score (nSPS) is 22.1. The molecule has 120 valence electrons. The average molecular weight is 412 g/mol. The van der Waals surface area contributed by atoms with Crippen molar-refractivity contribution in [3.8, 4) is 0 Å². The standard InChI is InChI=1S/C11H22NS.3CH3O.Sn/c1-9(12)11-6-4-3-5-10(11)7-8-13-2;3*1-2;/h9-11H,2-8,12H2,1H3;3*1H3;/q;3*-1;+3. The largest absolute Gasteiger partial charge is 0.857 e. The predicted octanol–water partition coefficient (Wildman–Crippen LogP) is -0.681. The van der Waals surface area contributed by atoms with Crippen LogP contribution in [-0.4, -0.2) is 59.4 Å². The summed E-state index contributed by atoms with van der Waals surface area (Å²) in [5.74, 6) is 3.10. The molecule has 20 heavy (non-hydrogen) atoms. The van der Waals surface area contributed by atoms with E-state index in [-0.39, 0.29) is 0 Å². The maximum absolute atomic E-state index is 8.25. The van der Waals surface area contributed by atoms with Gasteiger partial charge < -0.3 is 15.3 Å². The molecule has 0 radical (unpaired) electrons. The van der Waals surface area contributed by atoms with Gasteiger partial charge in [0.25, 0.3) is 0 Å². The third kappa shape index (κ3) is 13.9. The van der Waals surface area contributed by atoms with E-state index in [1.165, 1.54) is 41.6 Å². The minimum Gasteiger partial charge on any atom is -0.857 e. The molecule has 1 rings (SSSR count). The van der Waals surface area contributed by atoms with Gasteiger partial charge in [-0.05, 0) is 0 Å². The SMILES string of the molecule is CC(N)C1CCCCC1CCS[CH2][Sn+3].C[O-].C[O-].C[O-]. The van der Waals surface area contributed by atoms with Crippen LogP contribution in [-0.2, 0) is 0 Å². The predicted molar refractivity (Wildman–Crippen MR) is 84.6 cm³/mol. The van der Waals surface area contributed by atoms with E-state index in [9.17, 15) is 0 Å². The summed E-state index contributed by atoms with van der Waals surface area (Å²) >= 11 is 3.78. The maximum atomic E-state index is 8.25. The Morgan fingerprint density at radius 2 is 1.60 bits per heavy atom. The zero-order valence-corrected chi connectivity index (χ0v) is 17.1. The van der Waals surface area contributed by atoms with E-state index < -0.39 is 0 Å². The number of rotatable bonds is 5. The summed E-state index contributed by atoms with van der Waals surface area (Å²) in [6.07, 6.45) is 7.07. The van der Waals surface area contributed by atoms with Gasteiger partial charge in [-0.25, -0.2) is 0 Å². The Bertz CT molecular complexity index is 165. The van der Waals surface area contributed by atoms with Gasteiger partial charge in [-0.2, -0.15) is 21.3 Å². The Morgan fingerprint density at radius 1 is 1.10 bits per heavy atom. The molecule has 0 spiro atoms. The smallest absolute Gasteiger partial charge is 0.153 e. The third-order valence-electron chi connectivity index (χ3n) is 3.38. The molecular formula is C14H31NO3SSn. The molecule has 3 unspecified atom stereocenters. The van der Waals surface area contributed by atoms with Crippen LogP contribution in [0, 0.1) is 11.8 Å². The van der Waals surface area contributed by atoms with E-state index in [0.29, 0.717) is 6.04 Å². The third-order valence-corrected chi connectivity index (χ3v) is 5.85. The molecule has 3 atom stereocenters. The topological polar surface area (TPSA) is 95.2 Å². The zero-order chi connectivity index (χ0) is 16.4. The Hall–Kier alpha value is 0.989. The van der Waals surface area contributed by atoms with Gasteiger partial charge in [-0.15, -0.1) is 0 Å². The van der Waals surface area contributed by atoms with Crippen LogP contribution in [0.4, 0.5) is 0 Å². The van der Waals surface area contributed by atoms with Crippen molar-refractivity contribution < 1.29 is 15.3 Å². The molecule has 0 bridgehead atoms. The second-order valence-corrected chi connectivity index (χ2v) is 7.99. The molecule has 0 aromatic heterocycles. The van der Waals surface area contributed by atoms with E-state index in [4.69, 9.17) is 21.1 Å². The molecule has 6 heteroatoms. The number of hydrogen-bond acceptors (Lipinski definition) is 5. The first-order chi connectivity index (χ1) is 9.75. The fraction of sp³-hybridized carbons (Fsp3) is 1.00. The van der Waals surface area contributed by atoms with Crippen molar-refractivity contribution in [3.05, 3.63) is 0 Å². The molecule has 0 aromatic rings. The number of nitrogens with two attached hydrogens (primary N) is 1. The van der Waals surface area contributed by atoms with Crippen LogP contribution in [0.2, 0.25) is 0 Å². The fourth-order valence-corrected chi connectivity index (χ4v) is 4.44. The van der Waals surface area contributed by atoms with Crippen LogP contribution in [0.1, 0.15) is 39.0 Å². The minimum absolute atomic E-state index is 0.415. The van der Waals surface area contributed by atoms with Crippen molar-refractivity contribution in [1.29, 1.82) is 0 Å². The Morgan fingerprint density at radius 3 is 2.05 bits per heavy atom. The first-order valence-electron chi connectivity index (χ1n) is 6.96. The van der Waals surface area contributed by atoms with Crippen LogP contribution < -0.4 is 21.1 Å². The van der Waals surface area contributed by atoms with Gasteiger partial charge in [-0.3, -0.25) is 0 Å². The second kappa shape index (κ2) is 22.3. The van der Waals surface area contributed by atoms with E-state index >= 15 is 0 Å². The van der Waals surface area contributed by atoms with Crippen LogP contribution in [0.25, 0.3) is 0 Å². The van der Waals surface area contributed by atoms with E-state index in [0.717, 1.165) is 33.2 Å². The quantitative estimate of drug-likeness (QED) is 0.477. The van der Waals surface area contributed by atoms with Crippen molar-refractivity contribution in [2.24, 2.45) is 17.6 Å². The van der Waals surface area contributed by atoms with Crippen LogP contribution in [0.5, 0.6) is 0 Å². The summed E-state index contributed by atoms with van der Waals surface area (Å²) in [6, 6.07) is 0.415.